The van der Waals surface area contributed by atoms with Gasteiger partial charge in [-0.3, -0.25) is 25.5 Å². The van der Waals surface area contributed by atoms with Crippen molar-refractivity contribution in [2.24, 2.45) is 33.2 Å². The van der Waals surface area contributed by atoms with Gasteiger partial charge in [-0.15, -0.1) is 0 Å². The molecule has 4 aliphatic rings. The largest absolute Gasteiger partial charge is 0.393 e. The highest BCUT2D eigenvalue weighted by molar-refractivity contribution is 6.31. The summed E-state index contributed by atoms with van der Waals surface area (Å²) in [7, 11) is 0. The van der Waals surface area contributed by atoms with Gasteiger partial charge >= 0.3 is 0 Å². The Balaban J connectivity index is 0.833. The lowest BCUT2D eigenvalue weighted by molar-refractivity contribution is -0.136. The Labute approximate surface area is 464 Å². The maximum atomic E-state index is 13.9. The van der Waals surface area contributed by atoms with E-state index in [0.717, 1.165) is 76.3 Å². The zero-order valence-electron chi connectivity index (χ0n) is 47.7. The summed E-state index contributed by atoms with van der Waals surface area (Å²) in [5.41, 5.74) is 1.82. The van der Waals surface area contributed by atoms with Crippen molar-refractivity contribution in [1.29, 1.82) is 10.8 Å². The van der Waals surface area contributed by atoms with Gasteiger partial charge in [-0.25, -0.2) is 8.78 Å². The number of carbonyl (C=O) groups excluding carboxylic acids is 1. The molecule has 1 saturated heterocycles. The number of carbonyl (C=O) groups is 1. The van der Waals surface area contributed by atoms with E-state index in [-0.39, 0.29) is 85.8 Å². The van der Waals surface area contributed by atoms with Crippen molar-refractivity contribution in [1.82, 2.24) is 15.1 Å². The summed E-state index contributed by atoms with van der Waals surface area (Å²) in [5, 5.41) is 34.3. The maximum absolute atomic E-state index is 13.9. The van der Waals surface area contributed by atoms with E-state index in [9.17, 15) is 24.1 Å². The van der Waals surface area contributed by atoms with E-state index in [0.29, 0.717) is 135 Å². The van der Waals surface area contributed by atoms with Crippen molar-refractivity contribution < 1.29 is 56.6 Å². The van der Waals surface area contributed by atoms with Crippen molar-refractivity contribution >= 4 is 29.5 Å². The fourth-order valence-corrected chi connectivity index (χ4v) is 11.4. The van der Waals surface area contributed by atoms with Gasteiger partial charge in [0.25, 0.3) is 0 Å². The quantitative estimate of drug-likeness (QED) is 0.0138. The Hall–Kier alpha value is -3.57. The third-order valence-electron chi connectivity index (χ3n) is 15.8. The van der Waals surface area contributed by atoms with Crippen LogP contribution >= 0.6 is 0 Å². The number of hydrogen-bond donors (Lipinski definition) is 5. The van der Waals surface area contributed by atoms with Crippen LogP contribution in [0.3, 0.4) is 0 Å². The minimum atomic E-state index is -2.68. The molecule has 20 heteroatoms. The van der Waals surface area contributed by atoms with E-state index in [2.05, 4.69) is 34.2 Å². The zero-order chi connectivity index (χ0) is 56.0. The summed E-state index contributed by atoms with van der Waals surface area (Å²) >= 11 is 0. The van der Waals surface area contributed by atoms with Crippen LogP contribution in [0, 0.1) is 28.1 Å². The van der Waals surface area contributed by atoms with Crippen molar-refractivity contribution in [3.8, 4) is 0 Å². The number of alkyl halides is 2. The highest BCUT2D eigenvalue weighted by Crippen LogP contribution is 2.60. The molecule has 0 bridgehead atoms. The number of aliphatic hydroxyl groups excluding tert-OH is 1. The van der Waals surface area contributed by atoms with Crippen LogP contribution < -0.4 is 11.2 Å². The number of unbranched alkanes of at least 4 members (excludes halogenated alkanes) is 2. The maximum Gasteiger partial charge on any atom is 0.248 e. The van der Waals surface area contributed by atoms with Crippen LogP contribution in [0.25, 0.3) is 0 Å². The monoisotopic (exact) mass is 1100 g/mol. The van der Waals surface area contributed by atoms with E-state index in [1.54, 1.807) is 20.1 Å². The number of benzene rings is 1. The van der Waals surface area contributed by atoms with Crippen LogP contribution in [0.5, 0.6) is 0 Å². The van der Waals surface area contributed by atoms with Gasteiger partial charge in [0, 0.05) is 75.3 Å². The van der Waals surface area contributed by atoms with Gasteiger partial charge in [0.1, 0.15) is 11.5 Å². The molecule has 5 unspecified atom stereocenters. The molecule has 444 valence electrons. The van der Waals surface area contributed by atoms with Crippen molar-refractivity contribution in [3.63, 3.8) is 0 Å². The average molecular weight is 1110 g/mol. The summed E-state index contributed by atoms with van der Waals surface area (Å²) in [6.07, 6.45) is 12.6. The summed E-state index contributed by atoms with van der Waals surface area (Å²) in [5.74, 6) is 3.42. The van der Waals surface area contributed by atoms with Crippen molar-refractivity contribution in [2.75, 3.05) is 112 Å². The lowest BCUT2D eigenvalue weighted by Gasteiger charge is -2.58. The summed E-state index contributed by atoms with van der Waals surface area (Å²) in [4.78, 5) is 22.3. The lowest BCUT2D eigenvalue weighted by Crippen LogP contribution is -2.57. The molecule has 5 rings (SSSR count). The van der Waals surface area contributed by atoms with Gasteiger partial charge in [-0.1, -0.05) is 30.3 Å². The second-order valence-corrected chi connectivity index (χ2v) is 22.2. The Bertz CT molecular complexity index is 1900. The van der Waals surface area contributed by atoms with Gasteiger partial charge in [0.05, 0.1) is 110 Å². The molecule has 0 aromatic heterocycles. The third-order valence-corrected chi connectivity index (χ3v) is 15.8. The van der Waals surface area contributed by atoms with E-state index in [1.807, 2.05) is 35.2 Å². The number of ether oxygens (including phenoxy) is 8. The van der Waals surface area contributed by atoms with Crippen molar-refractivity contribution in [3.05, 3.63) is 35.9 Å². The van der Waals surface area contributed by atoms with E-state index < -0.39 is 5.92 Å². The minimum Gasteiger partial charge on any atom is -0.393 e. The first-order valence-electron chi connectivity index (χ1n) is 29.2. The molecule has 78 heavy (non-hydrogen) atoms. The number of hydrogen-bond acceptors (Lipinski definition) is 16. The second-order valence-electron chi connectivity index (χ2n) is 22.2. The molecule has 1 heterocycles. The molecule has 3 saturated carbocycles. The Morgan fingerprint density at radius 3 is 1.99 bits per heavy atom. The number of nitrogens with zero attached hydrogens (tertiary/aromatic N) is 4. The van der Waals surface area contributed by atoms with Gasteiger partial charge in [-0.05, 0) is 129 Å². The first-order chi connectivity index (χ1) is 37.7. The van der Waals surface area contributed by atoms with Gasteiger partial charge in [0.2, 0.25) is 11.8 Å². The molecule has 1 amide bonds. The highest BCUT2D eigenvalue weighted by Gasteiger charge is 2.55. The number of rotatable bonds is 41. The van der Waals surface area contributed by atoms with Crippen molar-refractivity contribution in [2.45, 2.75) is 173 Å². The fraction of sp³-hybridized carbons (Fsp3) is 0.810. The fourth-order valence-electron chi connectivity index (χ4n) is 11.4. The smallest absolute Gasteiger partial charge is 0.248 e. The zero-order valence-corrected chi connectivity index (χ0v) is 47.7. The molecule has 1 aromatic carbocycles. The number of amidine groups is 2. The number of amides is 1. The standard InChI is InChI=1S/C58H98F2N8O10/c1-44-13-14-52(67(44)22-17-54(48-11-7-5-8-12-48)65-56(70)49-15-19-58(59,60)20-16-49)37-45(2)68(47(4)61)55(62)50-38-57(39-50)40-53(41-57)78-36-35-76-32-31-74-29-30-75-33-34-77-43-51(66-63)42-64-21-9-6-10-23-71-25-27-73-28-26-72-24-18-46(3)69/h5,7-8,11-12,42,44-46,49-50,52-54,61-62,69H,6,9-10,13-41,43,63H2,1-4H3,(H,65,70)/b61-47?,62-55?,64-42?,66-51+. The first kappa shape index (κ1) is 65.2. The Kier molecular flexibility index (Phi) is 30.1. The highest BCUT2D eigenvalue weighted by atomic mass is 19.3. The van der Waals surface area contributed by atoms with E-state index >= 15 is 0 Å². The summed E-state index contributed by atoms with van der Waals surface area (Å²) in [6, 6.07) is 10.4. The molecule has 1 aromatic rings. The molecule has 6 N–H and O–H groups in total. The Morgan fingerprint density at radius 2 is 1.38 bits per heavy atom. The molecule has 0 radical (unpaired) electrons. The number of halogens is 2. The molecule has 1 spiro atoms. The number of hydrazone groups is 1. The van der Waals surface area contributed by atoms with Crippen LogP contribution in [0.15, 0.2) is 40.4 Å². The molecule has 4 fully saturated rings. The number of likely N-dealkylation sites (tertiary alicyclic amines) is 1. The molecular weight excluding hydrogens is 1010 g/mol. The van der Waals surface area contributed by atoms with Gasteiger partial charge < -0.3 is 59.1 Å². The predicted octanol–water partition coefficient (Wildman–Crippen LogP) is 7.99. The van der Waals surface area contributed by atoms with Crippen LogP contribution in [-0.4, -0.2) is 193 Å². The third kappa shape index (κ3) is 23.9. The number of aliphatic imine (C=N–C) groups is 1. The number of nitrogens with two attached hydrogens (primary N) is 1. The average Bonchev–Trinajstić information content (AvgIpc) is 3.84. The van der Waals surface area contributed by atoms with Crippen LogP contribution in [0.2, 0.25) is 0 Å². The minimum absolute atomic E-state index is 0.00699. The molecule has 5 atom stereocenters. The van der Waals surface area contributed by atoms with Gasteiger partial charge in [0.15, 0.2) is 0 Å². The summed E-state index contributed by atoms with van der Waals surface area (Å²) in [6.45, 7) is 16.8. The van der Waals surface area contributed by atoms with E-state index in [4.69, 9.17) is 49.1 Å². The lowest BCUT2D eigenvalue weighted by atomic mass is 9.50. The molecule has 3 aliphatic carbocycles. The van der Waals surface area contributed by atoms with Gasteiger partial charge in [-0.2, -0.15) is 5.10 Å². The number of aliphatic hydroxyl groups is 1. The van der Waals surface area contributed by atoms with Crippen LogP contribution in [0.1, 0.15) is 142 Å². The van der Waals surface area contributed by atoms with E-state index in [1.165, 1.54) is 0 Å². The molecule has 1 aliphatic heterocycles. The normalized spacial score (nSPS) is 23.8. The molecular formula is C58H98F2N8O10. The SMILES string of the molecule is CC(=N)N(C(=N)C1CC2(CC(OCCOCCOCCOCCOC/C(C=NCCCCCOCCOCCOCCC(C)O)=N/N)C2)C1)C(C)CC1CCC(C)N1CCC(NC(=O)C1CCC(F)(F)CC1)c1ccccc1. The molecule has 18 nitrogen and oxygen atoms in total. The second kappa shape index (κ2) is 36.0. The topological polar surface area (TPSA) is 228 Å². The van der Waals surface area contributed by atoms with Crippen LogP contribution in [-0.2, 0) is 42.7 Å². The predicted molar refractivity (Wildman–Crippen MR) is 300 cm³/mol. The van der Waals surface area contributed by atoms with Crippen LogP contribution in [0.4, 0.5) is 8.78 Å². The Morgan fingerprint density at radius 1 is 0.795 bits per heavy atom. The number of nitrogens with one attached hydrogen (secondary N) is 3. The summed E-state index contributed by atoms with van der Waals surface area (Å²) < 4.78 is 73.0. The first-order valence-corrected chi connectivity index (χ1v) is 29.2.